The number of amides is 3. The molecule has 0 atom stereocenters. The van der Waals surface area contributed by atoms with Gasteiger partial charge in [0.15, 0.2) is 5.82 Å². The molecule has 0 fully saturated rings. The average Bonchev–Trinajstić information content (AvgIpc) is 3.34. The van der Waals surface area contributed by atoms with Crippen molar-refractivity contribution in [3.8, 4) is 16.9 Å². The number of carbonyl (C=O) groups is 3. The Balaban J connectivity index is 1.64. The molecule has 34 heavy (non-hydrogen) atoms. The van der Waals surface area contributed by atoms with Gasteiger partial charge in [0.25, 0.3) is 17.7 Å². The van der Waals surface area contributed by atoms with Crippen molar-refractivity contribution >= 4 is 62.5 Å². The molecule has 168 valence electrons. The molecular formula is C23H12BrCl2N5O3. The molecule has 0 spiro atoms. The molecular weight excluding hydrogens is 545 g/mol. The summed E-state index contributed by atoms with van der Waals surface area (Å²) in [7, 11) is 0. The van der Waals surface area contributed by atoms with E-state index in [1.807, 2.05) is 0 Å². The van der Waals surface area contributed by atoms with Crippen LogP contribution in [0.25, 0.3) is 16.9 Å². The number of benzene rings is 2. The second-order valence-corrected chi connectivity index (χ2v) is 8.83. The number of fused-ring (bicyclic) bond motifs is 1. The van der Waals surface area contributed by atoms with E-state index in [0.29, 0.717) is 25.8 Å². The number of anilines is 1. The largest absolute Gasteiger partial charge is 0.320 e. The van der Waals surface area contributed by atoms with Crippen LogP contribution in [0.15, 0.2) is 65.4 Å². The van der Waals surface area contributed by atoms with E-state index >= 15 is 0 Å². The van der Waals surface area contributed by atoms with Crippen LogP contribution in [0, 0.1) is 0 Å². The summed E-state index contributed by atoms with van der Waals surface area (Å²) in [4.78, 5) is 42.5. The lowest BCUT2D eigenvalue weighted by molar-refractivity contribution is 0.0878. The van der Waals surface area contributed by atoms with Crippen LogP contribution in [0.5, 0.6) is 0 Å². The Morgan fingerprint density at radius 1 is 0.941 bits per heavy atom. The maximum atomic E-state index is 13.4. The van der Waals surface area contributed by atoms with E-state index in [0.717, 1.165) is 0 Å². The van der Waals surface area contributed by atoms with Crippen LogP contribution < -0.4 is 10.6 Å². The van der Waals surface area contributed by atoms with Crippen molar-refractivity contribution in [3.05, 3.63) is 92.3 Å². The lowest BCUT2D eigenvalue weighted by Gasteiger charge is -2.16. The Hall–Kier alpha value is -3.53. The van der Waals surface area contributed by atoms with Gasteiger partial charge in [0.1, 0.15) is 10.3 Å². The third-order valence-electron chi connectivity index (χ3n) is 5.15. The zero-order chi connectivity index (χ0) is 24.0. The summed E-state index contributed by atoms with van der Waals surface area (Å²) in [5, 5.41) is 10.0. The van der Waals surface area contributed by atoms with Gasteiger partial charge in [-0.3, -0.25) is 19.7 Å². The van der Waals surface area contributed by atoms with Crippen LogP contribution in [0.3, 0.4) is 0 Å². The van der Waals surface area contributed by atoms with E-state index in [1.54, 1.807) is 42.5 Å². The minimum absolute atomic E-state index is 0.137. The molecule has 11 heteroatoms. The summed E-state index contributed by atoms with van der Waals surface area (Å²) in [5.41, 5.74) is 1.59. The highest BCUT2D eigenvalue weighted by Crippen LogP contribution is 2.39. The van der Waals surface area contributed by atoms with Gasteiger partial charge in [-0.25, -0.2) is 9.67 Å². The molecule has 0 saturated carbocycles. The fraction of sp³-hybridized carbons (Fsp3) is 0. The normalized spacial score (nSPS) is 12.4. The van der Waals surface area contributed by atoms with E-state index < -0.39 is 17.7 Å². The molecule has 8 nitrogen and oxygen atoms in total. The molecule has 0 radical (unpaired) electrons. The standard InChI is InChI=1S/C23H12BrCl2N5O3/c24-17-10-16(31(30-17)20-14(26)6-3-9-27-20)22(33)28-15-8-7-12-19(23(34)29-21(12)32)18(15)11-4-1-2-5-13(11)25/h1-10H,(H,28,33)(H,29,32,34). The molecule has 0 saturated heterocycles. The molecule has 0 unspecified atom stereocenters. The van der Waals surface area contributed by atoms with Gasteiger partial charge >= 0.3 is 0 Å². The van der Waals surface area contributed by atoms with Gasteiger partial charge < -0.3 is 5.32 Å². The van der Waals surface area contributed by atoms with Gasteiger partial charge in [-0.05, 0) is 46.3 Å². The van der Waals surface area contributed by atoms with Crippen LogP contribution in [0.2, 0.25) is 10.0 Å². The maximum absolute atomic E-state index is 13.4. The van der Waals surface area contributed by atoms with Gasteiger partial charge in [0, 0.05) is 34.1 Å². The van der Waals surface area contributed by atoms with Crippen molar-refractivity contribution < 1.29 is 14.4 Å². The zero-order valence-electron chi connectivity index (χ0n) is 17.0. The van der Waals surface area contributed by atoms with E-state index in [9.17, 15) is 14.4 Å². The topological polar surface area (TPSA) is 106 Å². The highest BCUT2D eigenvalue weighted by atomic mass is 79.9. The molecule has 2 aromatic carbocycles. The van der Waals surface area contributed by atoms with Gasteiger partial charge in [-0.15, -0.1) is 0 Å². The molecule has 3 amide bonds. The minimum atomic E-state index is -0.570. The van der Waals surface area contributed by atoms with Gasteiger partial charge in [-0.2, -0.15) is 5.10 Å². The number of carbonyl (C=O) groups excluding carboxylic acids is 3. The molecule has 2 N–H and O–H groups in total. The number of pyridine rings is 1. The summed E-state index contributed by atoms with van der Waals surface area (Å²) in [6.45, 7) is 0. The number of hydrogen-bond acceptors (Lipinski definition) is 5. The van der Waals surface area contributed by atoms with Crippen molar-refractivity contribution in [3.63, 3.8) is 0 Å². The molecule has 3 heterocycles. The zero-order valence-corrected chi connectivity index (χ0v) is 20.1. The lowest BCUT2D eigenvalue weighted by Crippen LogP contribution is -2.20. The fourth-order valence-electron chi connectivity index (χ4n) is 3.70. The quantitative estimate of drug-likeness (QED) is 0.338. The van der Waals surface area contributed by atoms with Crippen molar-refractivity contribution in [2.24, 2.45) is 0 Å². The molecule has 1 aliphatic heterocycles. The molecule has 2 aromatic heterocycles. The van der Waals surface area contributed by atoms with Gasteiger partial charge in [0.2, 0.25) is 0 Å². The summed E-state index contributed by atoms with van der Waals surface area (Å²) in [5.74, 6) is -1.36. The van der Waals surface area contributed by atoms with Crippen molar-refractivity contribution in [1.29, 1.82) is 0 Å². The molecule has 4 aromatic rings. The number of halogens is 3. The van der Waals surface area contributed by atoms with Crippen LogP contribution in [-0.4, -0.2) is 32.5 Å². The van der Waals surface area contributed by atoms with Crippen LogP contribution in [0.1, 0.15) is 31.2 Å². The predicted octanol–water partition coefficient (Wildman–Crippen LogP) is 5.14. The molecule has 0 aliphatic carbocycles. The fourth-order valence-corrected chi connectivity index (χ4v) is 4.51. The van der Waals surface area contributed by atoms with E-state index in [2.05, 4.69) is 36.6 Å². The van der Waals surface area contributed by atoms with Gasteiger partial charge in [-0.1, -0.05) is 41.4 Å². The van der Waals surface area contributed by atoms with Crippen LogP contribution in [0.4, 0.5) is 5.69 Å². The molecule has 5 rings (SSSR count). The number of rotatable bonds is 4. The Morgan fingerprint density at radius 2 is 1.71 bits per heavy atom. The Kier molecular flexibility index (Phi) is 5.68. The first kappa shape index (κ1) is 22.3. The highest BCUT2D eigenvalue weighted by molar-refractivity contribution is 9.10. The number of imide groups is 1. The monoisotopic (exact) mass is 555 g/mol. The van der Waals surface area contributed by atoms with Crippen LogP contribution >= 0.6 is 39.1 Å². The summed E-state index contributed by atoms with van der Waals surface area (Å²) >= 11 is 16.0. The SMILES string of the molecule is O=C1NC(=O)c2c1ccc(NC(=O)c1cc(Br)nn1-c1ncccc1Cl)c2-c1ccccc1Cl. The van der Waals surface area contributed by atoms with Crippen molar-refractivity contribution in [2.75, 3.05) is 5.32 Å². The molecule has 0 bridgehead atoms. The Morgan fingerprint density at radius 3 is 2.47 bits per heavy atom. The molecule has 1 aliphatic rings. The van der Waals surface area contributed by atoms with E-state index in [-0.39, 0.29) is 28.3 Å². The lowest BCUT2D eigenvalue weighted by atomic mass is 9.94. The van der Waals surface area contributed by atoms with Crippen molar-refractivity contribution in [1.82, 2.24) is 20.1 Å². The number of nitrogens with one attached hydrogen (secondary N) is 2. The highest BCUT2D eigenvalue weighted by Gasteiger charge is 2.33. The van der Waals surface area contributed by atoms with Gasteiger partial charge in [0.05, 0.1) is 16.1 Å². The minimum Gasteiger partial charge on any atom is -0.320 e. The number of aromatic nitrogens is 3. The number of nitrogens with zero attached hydrogens (tertiary/aromatic N) is 3. The second-order valence-electron chi connectivity index (χ2n) is 7.20. The van der Waals surface area contributed by atoms with Crippen LogP contribution in [-0.2, 0) is 0 Å². The Labute approximate surface area is 211 Å². The third kappa shape index (κ3) is 3.77. The average molecular weight is 557 g/mol. The third-order valence-corrected chi connectivity index (χ3v) is 6.16. The Bertz CT molecular complexity index is 1520. The van der Waals surface area contributed by atoms with E-state index in [1.165, 1.54) is 23.0 Å². The first-order valence-electron chi connectivity index (χ1n) is 9.80. The maximum Gasteiger partial charge on any atom is 0.274 e. The summed E-state index contributed by atoms with van der Waals surface area (Å²) in [6, 6.07) is 14.7. The predicted molar refractivity (Wildman–Crippen MR) is 131 cm³/mol. The second kappa shape index (κ2) is 8.68. The summed E-state index contributed by atoms with van der Waals surface area (Å²) in [6.07, 6.45) is 1.53. The van der Waals surface area contributed by atoms with Crippen molar-refractivity contribution in [2.45, 2.75) is 0 Å². The summed E-state index contributed by atoms with van der Waals surface area (Å²) < 4.78 is 1.70. The smallest absolute Gasteiger partial charge is 0.274 e. The first-order valence-corrected chi connectivity index (χ1v) is 11.4. The first-order chi connectivity index (χ1) is 16.3. The number of hydrogen-bond donors (Lipinski definition) is 2. The van der Waals surface area contributed by atoms with E-state index in [4.69, 9.17) is 23.2 Å².